The molecule has 0 spiro atoms. The Hall–Kier alpha value is -3.60. The number of rotatable bonds is 5. The summed E-state index contributed by atoms with van der Waals surface area (Å²) in [6.07, 6.45) is 0. The molecule has 5 nitrogen and oxygen atoms in total. The molecule has 0 bridgehead atoms. The van der Waals surface area contributed by atoms with Crippen LogP contribution in [0.5, 0.6) is 17.2 Å². The first-order chi connectivity index (χ1) is 12.1. The fourth-order valence-corrected chi connectivity index (χ4v) is 2.33. The molecule has 0 saturated carbocycles. The summed E-state index contributed by atoms with van der Waals surface area (Å²) in [4.78, 5) is 23.4. The van der Waals surface area contributed by atoms with Gasteiger partial charge >= 0.3 is 5.97 Å². The molecule has 0 atom stereocenters. The lowest BCUT2D eigenvalue weighted by molar-refractivity contribution is 0.0696. The third-order valence-electron chi connectivity index (χ3n) is 3.61. The van der Waals surface area contributed by atoms with Gasteiger partial charge in [-0.25, -0.2) is 4.79 Å². The van der Waals surface area contributed by atoms with Crippen LogP contribution in [0.15, 0.2) is 72.8 Å². The van der Waals surface area contributed by atoms with E-state index in [4.69, 9.17) is 9.84 Å². The van der Waals surface area contributed by atoms with E-state index in [1.165, 1.54) is 36.4 Å². The maximum Gasteiger partial charge on any atom is 0.335 e. The summed E-state index contributed by atoms with van der Waals surface area (Å²) in [6, 6.07) is 19.0. The van der Waals surface area contributed by atoms with Crippen LogP contribution in [0.2, 0.25) is 0 Å². The Bertz CT molecular complexity index is 915. The summed E-state index contributed by atoms with van der Waals surface area (Å²) in [6.45, 7) is 0. The number of hydrogen-bond acceptors (Lipinski definition) is 4. The molecule has 124 valence electrons. The molecule has 0 aromatic heterocycles. The van der Waals surface area contributed by atoms with Gasteiger partial charge in [-0.15, -0.1) is 0 Å². The Labute approximate surface area is 143 Å². The van der Waals surface area contributed by atoms with Crippen molar-refractivity contribution in [2.24, 2.45) is 0 Å². The zero-order chi connectivity index (χ0) is 17.8. The van der Waals surface area contributed by atoms with E-state index in [1.807, 2.05) is 0 Å². The highest BCUT2D eigenvalue weighted by atomic mass is 16.5. The predicted molar refractivity (Wildman–Crippen MR) is 91.5 cm³/mol. The van der Waals surface area contributed by atoms with Gasteiger partial charge < -0.3 is 14.9 Å². The lowest BCUT2D eigenvalue weighted by atomic mass is 10.0. The molecule has 3 rings (SSSR count). The highest BCUT2D eigenvalue weighted by Gasteiger charge is 2.17. The Morgan fingerprint density at radius 1 is 0.760 bits per heavy atom. The first-order valence-corrected chi connectivity index (χ1v) is 7.49. The second-order valence-electron chi connectivity index (χ2n) is 5.28. The van der Waals surface area contributed by atoms with Gasteiger partial charge in [0, 0.05) is 5.56 Å². The Balaban J connectivity index is 1.88. The Morgan fingerprint density at radius 2 is 1.44 bits per heavy atom. The number of benzene rings is 3. The van der Waals surface area contributed by atoms with Gasteiger partial charge in [-0.05, 0) is 36.4 Å². The maximum atomic E-state index is 12.5. The monoisotopic (exact) mass is 334 g/mol. The molecule has 3 aromatic rings. The number of phenolic OH excluding ortho intramolecular Hbond substituents is 1. The van der Waals surface area contributed by atoms with E-state index in [0.29, 0.717) is 11.3 Å². The first-order valence-electron chi connectivity index (χ1n) is 7.49. The van der Waals surface area contributed by atoms with Crippen LogP contribution in [-0.4, -0.2) is 22.0 Å². The van der Waals surface area contributed by atoms with E-state index in [9.17, 15) is 14.7 Å². The molecule has 0 aliphatic carbocycles. The molecule has 0 unspecified atom stereocenters. The number of carboxylic acids is 1. The number of carbonyl (C=O) groups is 2. The maximum absolute atomic E-state index is 12.5. The largest absolute Gasteiger partial charge is 0.504 e. The molecule has 25 heavy (non-hydrogen) atoms. The minimum Gasteiger partial charge on any atom is -0.504 e. The molecule has 0 radical (unpaired) electrons. The number of hydrogen-bond donors (Lipinski definition) is 2. The van der Waals surface area contributed by atoms with E-state index in [1.54, 1.807) is 36.4 Å². The van der Waals surface area contributed by atoms with E-state index in [0.717, 1.165) is 0 Å². The number of ketones is 1. The third-order valence-corrected chi connectivity index (χ3v) is 3.61. The van der Waals surface area contributed by atoms with Gasteiger partial charge in [0.1, 0.15) is 5.75 Å². The second-order valence-corrected chi connectivity index (χ2v) is 5.28. The minimum absolute atomic E-state index is 0.116. The number of aromatic carboxylic acids is 1. The lowest BCUT2D eigenvalue weighted by Gasteiger charge is -2.11. The standard InChI is InChI=1S/C20H14O5/c21-18(13-5-2-1-3-6-13)16-7-4-8-17(19(16)22)25-15-11-9-14(10-12-15)20(23)24/h1-12,22H,(H,23,24). The molecule has 0 aliphatic heterocycles. The molecule has 0 fully saturated rings. The molecular weight excluding hydrogens is 320 g/mol. The normalized spacial score (nSPS) is 10.2. The molecular formula is C20H14O5. The average Bonchev–Trinajstić information content (AvgIpc) is 2.64. The third kappa shape index (κ3) is 3.50. The fraction of sp³-hybridized carbons (Fsp3) is 0. The predicted octanol–water partition coefficient (Wildman–Crippen LogP) is 4.11. The van der Waals surface area contributed by atoms with Crippen LogP contribution >= 0.6 is 0 Å². The summed E-state index contributed by atoms with van der Waals surface area (Å²) in [7, 11) is 0. The van der Waals surface area contributed by atoms with Crippen molar-refractivity contribution in [3.8, 4) is 17.2 Å². The summed E-state index contributed by atoms with van der Waals surface area (Å²) >= 11 is 0. The van der Waals surface area contributed by atoms with Crippen molar-refractivity contribution in [2.45, 2.75) is 0 Å². The molecule has 0 saturated heterocycles. The number of aromatic hydroxyl groups is 1. The van der Waals surface area contributed by atoms with Gasteiger partial charge in [0.2, 0.25) is 0 Å². The van der Waals surface area contributed by atoms with E-state index >= 15 is 0 Å². The van der Waals surface area contributed by atoms with Gasteiger partial charge in [-0.3, -0.25) is 4.79 Å². The zero-order valence-electron chi connectivity index (χ0n) is 13.0. The van der Waals surface area contributed by atoms with Gasteiger partial charge in [0.15, 0.2) is 17.3 Å². The minimum atomic E-state index is -1.04. The van der Waals surface area contributed by atoms with Crippen LogP contribution in [-0.2, 0) is 0 Å². The smallest absolute Gasteiger partial charge is 0.335 e. The van der Waals surface area contributed by atoms with Crippen molar-refractivity contribution < 1.29 is 24.5 Å². The van der Waals surface area contributed by atoms with E-state index in [-0.39, 0.29) is 28.4 Å². The summed E-state index contributed by atoms with van der Waals surface area (Å²) in [5.41, 5.74) is 0.719. The highest BCUT2D eigenvalue weighted by Crippen LogP contribution is 2.34. The number of phenols is 1. The second kappa shape index (κ2) is 6.88. The summed E-state index contributed by atoms with van der Waals surface area (Å²) < 4.78 is 5.58. The van der Waals surface area contributed by atoms with E-state index in [2.05, 4.69) is 0 Å². The van der Waals surface area contributed by atoms with Gasteiger partial charge in [0.05, 0.1) is 11.1 Å². The van der Waals surface area contributed by atoms with Crippen LogP contribution in [0, 0.1) is 0 Å². The van der Waals surface area contributed by atoms with Crippen molar-refractivity contribution in [1.82, 2.24) is 0 Å². The van der Waals surface area contributed by atoms with Crippen molar-refractivity contribution in [2.75, 3.05) is 0 Å². The van der Waals surface area contributed by atoms with Crippen LogP contribution in [0.1, 0.15) is 26.3 Å². The molecule has 5 heteroatoms. The van der Waals surface area contributed by atoms with Crippen LogP contribution in [0.25, 0.3) is 0 Å². The quantitative estimate of drug-likeness (QED) is 0.686. The number of carboxylic acid groups (broad SMARTS) is 1. The Morgan fingerprint density at radius 3 is 2.08 bits per heavy atom. The van der Waals surface area contributed by atoms with Crippen molar-refractivity contribution in [3.05, 3.63) is 89.5 Å². The molecule has 0 aliphatic rings. The highest BCUT2D eigenvalue weighted by molar-refractivity contribution is 6.11. The lowest BCUT2D eigenvalue weighted by Crippen LogP contribution is -2.02. The Kier molecular flexibility index (Phi) is 4.48. The summed E-state index contributed by atoms with van der Waals surface area (Å²) in [5, 5.41) is 19.3. The topological polar surface area (TPSA) is 83.8 Å². The molecule has 0 heterocycles. The van der Waals surface area contributed by atoms with E-state index < -0.39 is 5.97 Å². The van der Waals surface area contributed by atoms with Crippen molar-refractivity contribution in [3.63, 3.8) is 0 Å². The van der Waals surface area contributed by atoms with Crippen molar-refractivity contribution in [1.29, 1.82) is 0 Å². The average molecular weight is 334 g/mol. The van der Waals surface area contributed by atoms with Crippen LogP contribution in [0.4, 0.5) is 0 Å². The first kappa shape index (κ1) is 16.3. The van der Waals surface area contributed by atoms with Gasteiger partial charge in [-0.2, -0.15) is 0 Å². The number of para-hydroxylation sites is 1. The summed E-state index contributed by atoms with van der Waals surface area (Å²) in [5.74, 6) is -1.15. The molecule has 0 amide bonds. The van der Waals surface area contributed by atoms with Crippen LogP contribution in [0.3, 0.4) is 0 Å². The molecule has 3 aromatic carbocycles. The van der Waals surface area contributed by atoms with Crippen LogP contribution < -0.4 is 4.74 Å². The number of carbonyl (C=O) groups excluding carboxylic acids is 1. The SMILES string of the molecule is O=C(O)c1ccc(Oc2cccc(C(=O)c3ccccc3)c2O)cc1. The zero-order valence-corrected chi connectivity index (χ0v) is 13.0. The van der Waals surface area contributed by atoms with Crippen molar-refractivity contribution >= 4 is 11.8 Å². The fourth-order valence-electron chi connectivity index (χ4n) is 2.33. The molecule has 2 N–H and O–H groups in total. The number of ether oxygens (including phenoxy) is 1. The van der Waals surface area contributed by atoms with Gasteiger partial charge in [-0.1, -0.05) is 36.4 Å². The van der Waals surface area contributed by atoms with Gasteiger partial charge in [0.25, 0.3) is 0 Å².